The summed E-state index contributed by atoms with van der Waals surface area (Å²) in [5, 5.41) is 17.8. The van der Waals surface area contributed by atoms with E-state index in [9.17, 15) is 10.1 Å². The summed E-state index contributed by atoms with van der Waals surface area (Å²) in [7, 11) is 0. The van der Waals surface area contributed by atoms with E-state index in [2.05, 4.69) is 10.4 Å². The molecular formula is C9H12N4O2. The van der Waals surface area contributed by atoms with Crippen LogP contribution in [0.15, 0.2) is 12.4 Å². The molecule has 0 amide bonds. The van der Waals surface area contributed by atoms with Gasteiger partial charge in [-0.15, -0.1) is 0 Å². The van der Waals surface area contributed by atoms with E-state index in [0.717, 1.165) is 25.9 Å². The van der Waals surface area contributed by atoms with Crippen molar-refractivity contribution in [2.45, 2.75) is 18.9 Å². The molecule has 1 saturated heterocycles. The standard InChI is InChI=1S/C9H12N4O2/c14-13(15)8-3-11-12(4-8)7-1-9(2-7)5-10-6-9/h3-4,7,10H,1-2,5-6H2. The van der Waals surface area contributed by atoms with E-state index < -0.39 is 4.92 Å². The molecule has 2 heterocycles. The van der Waals surface area contributed by atoms with Gasteiger partial charge in [0.1, 0.15) is 12.4 Å². The van der Waals surface area contributed by atoms with Crippen LogP contribution in [0, 0.1) is 15.5 Å². The Morgan fingerprint density at radius 3 is 2.80 bits per heavy atom. The van der Waals surface area contributed by atoms with E-state index in [4.69, 9.17) is 0 Å². The molecule has 1 N–H and O–H groups in total. The molecule has 80 valence electrons. The van der Waals surface area contributed by atoms with Crippen LogP contribution in [-0.2, 0) is 0 Å². The van der Waals surface area contributed by atoms with Crippen LogP contribution in [-0.4, -0.2) is 27.8 Å². The minimum Gasteiger partial charge on any atom is -0.316 e. The highest BCUT2D eigenvalue weighted by Crippen LogP contribution is 2.50. The molecule has 1 spiro atoms. The monoisotopic (exact) mass is 208 g/mol. The van der Waals surface area contributed by atoms with Crippen molar-refractivity contribution in [3.8, 4) is 0 Å². The highest BCUT2D eigenvalue weighted by Gasteiger charge is 2.49. The summed E-state index contributed by atoms with van der Waals surface area (Å²) in [6.07, 6.45) is 5.05. The third-order valence-electron chi connectivity index (χ3n) is 3.51. The molecule has 2 fully saturated rings. The SMILES string of the molecule is O=[N+]([O-])c1cnn(C2CC3(CNC3)C2)c1. The Morgan fingerprint density at radius 2 is 2.33 bits per heavy atom. The van der Waals surface area contributed by atoms with Gasteiger partial charge in [0.05, 0.1) is 11.0 Å². The second-order valence-electron chi connectivity index (χ2n) is 4.60. The summed E-state index contributed by atoms with van der Waals surface area (Å²) < 4.78 is 1.74. The predicted molar refractivity (Wildman–Crippen MR) is 52.5 cm³/mol. The first kappa shape index (κ1) is 8.84. The van der Waals surface area contributed by atoms with Crippen LogP contribution in [0.25, 0.3) is 0 Å². The van der Waals surface area contributed by atoms with Gasteiger partial charge in [0.2, 0.25) is 0 Å². The number of rotatable bonds is 2. The van der Waals surface area contributed by atoms with Crippen molar-refractivity contribution < 1.29 is 4.92 Å². The molecule has 1 aromatic rings. The molecule has 0 radical (unpaired) electrons. The largest absolute Gasteiger partial charge is 0.316 e. The molecule has 0 bridgehead atoms. The van der Waals surface area contributed by atoms with Crippen LogP contribution in [0.2, 0.25) is 0 Å². The van der Waals surface area contributed by atoms with E-state index in [-0.39, 0.29) is 5.69 Å². The van der Waals surface area contributed by atoms with Gasteiger partial charge in [0.25, 0.3) is 0 Å². The first-order chi connectivity index (χ1) is 7.19. The zero-order valence-corrected chi connectivity index (χ0v) is 8.22. The fraction of sp³-hybridized carbons (Fsp3) is 0.667. The topological polar surface area (TPSA) is 73.0 Å². The Morgan fingerprint density at radius 1 is 1.60 bits per heavy atom. The fourth-order valence-corrected chi connectivity index (χ4v) is 2.52. The van der Waals surface area contributed by atoms with Crippen LogP contribution < -0.4 is 5.32 Å². The first-order valence-electron chi connectivity index (χ1n) is 5.08. The molecule has 3 rings (SSSR count). The lowest BCUT2D eigenvalue weighted by atomic mass is 9.62. The average Bonchev–Trinajstić information content (AvgIpc) is 2.47. The molecule has 0 unspecified atom stereocenters. The Kier molecular flexibility index (Phi) is 1.64. The molecule has 2 aliphatic rings. The summed E-state index contributed by atoms with van der Waals surface area (Å²) in [5.41, 5.74) is 0.563. The summed E-state index contributed by atoms with van der Waals surface area (Å²) >= 11 is 0. The molecule has 1 aliphatic heterocycles. The molecule has 15 heavy (non-hydrogen) atoms. The van der Waals surface area contributed by atoms with Gasteiger partial charge >= 0.3 is 5.69 Å². The van der Waals surface area contributed by atoms with Crippen molar-refractivity contribution in [2.24, 2.45) is 5.41 Å². The van der Waals surface area contributed by atoms with Crippen LogP contribution in [0.1, 0.15) is 18.9 Å². The number of nitrogens with one attached hydrogen (secondary N) is 1. The quantitative estimate of drug-likeness (QED) is 0.574. The van der Waals surface area contributed by atoms with E-state index in [0.29, 0.717) is 11.5 Å². The highest BCUT2D eigenvalue weighted by atomic mass is 16.6. The minimum absolute atomic E-state index is 0.0858. The van der Waals surface area contributed by atoms with Crippen LogP contribution in [0.3, 0.4) is 0 Å². The zero-order valence-electron chi connectivity index (χ0n) is 8.22. The fourth-order valence-electron chi connectivity index (χ4n) is 2.52. The van der Waals surface area contributed by atoms with Crippen molar-refractivity contribution in [3.05, 3.63) is 22.5 Å². The van der Waals surface area contributed by atoms with Crippen LogP contribution >= 0.6 is 0 Å². The smallest absolute Gasteiger partial charge is 0.307 e. The summed E-state index contributed by atoms with van der Waals surface area (Å²) in [6, 6.07) is 0.362. The van der Waals surface area contributed by atoms with E-state index in [1.54, 1.807) is 4.68 Å². The molecule has 0 atom stereocenters. The first-order valence-corrected chi connectivity index (χ1v) is 5.08. The second kappa shape index (κ2) is 2.79. The Labute approximate surface area is 86.4 Å². The number of hydrogen-bond acceptors (Lipinski definition) is 4. The maximum Gasteiger partial charge on any atom is 0.307 e. The van der Waals surface area contributed by atoms with Crippen molar-refractivity contribution in [1.29, 1.82) is 0 Å². The van der Waals surface area contributed by atoms with Crippen molar-refractivity contribution in [2.75, 3.05) is 13.1 Å². The lowest BCUT2D eigenvalue weighted by Gasteiger charge is -2.54. The van der Waals surface area contributed by atoms with Gasteiger partial charge in [-0.2, -0.15) is 5.10 Å². The summed E-state index contributed by atoms with van der Waals surface area (Å²) in [5.74, 6) is 0. The van der Waals surface area contributed by atoms with E-state index in [1.807, 2.05) is 0 Å². The normalized spacial score (nSPS) is 23.5. The zero-order chi connectivity index (χ0) is 10.5. The number of nitrogens with zero attached hydrogens (tertiary/aromatic N) is 3. The lowest BCUT2D eigenvalue weighted by Crippen LogP contribution is -2.60. The Balaban J connectivity index is 1.70. The van der Waals surface area contributed by atoms with Crippen molar-refractivity contribution in [3.63, 3.8) is 0 Å². The van der Waals surface area contributed by atoms with Crippen molar-refractivity contribution >= 4 is 5.69 Å². The van der Waals surface area contributed by atoms with Gasteiger partial charge in [-0.05, 0) is 18.3 Å². The van der Waals surface area contributed by atoms with Gasteiger partial charge in [-0.3, -0.25) is 14.8 Å². The van der Waals surface area contributed by atoms with Crippen molar-refractivity contribution in [1.82, 2.24) is 15.1 Å². The van der Waals surface area contributed by atoms with Gasteiger partial charge in [0.15, 0.2) is 0 Å². The third-order valence-corrected chi connectivity index (χ3v) is 3.51. The average molecular weight is 208 g/mol. The van der Waals surface area contributed by atoms with Gasteiger partial charge in [-0.1, -0.05) is 0 Å². The molecule has 6 nitrogen and oxygen atoms in total. The molecule has 1 aromatic heterocycles. The van der Waals surface area contributed by atoms with E-state index in [1.165, 1.54) is 12.4 Å². The Hall–Kier alpha value is -1.43. The van der Waals surface area contributed by atoms with Gasteiger partial charge in [0, 0.05) is 13.1 Å². The highest BCUT2D eigenvalue weighted by molar-refractivity contribution is 5.21. The van der Waals surface area contributed by atoms with E-state index >= 15 is 0 Å². The molecule has 0 aromatic carbocycles. The number of nitro groups is 1. The van der Waals surface area contributed by atoms with Gasteiger partial charge in [-0.25, -0.2) is 0 Å². The predicted octanol–water partition coefficient (Wildman–Crippen LogP) is 0.716. The molecule has 1 aliphatic carbocycles. The van der Waals surface area contributed by atoms with Gasteiger partial charge < -0.3 is 5.32 Å². The maximum absolute atomic E-state index is 10.5. The molecule has 6 heteroatoms. The number of hydrogen-bond donors (Lipinski definition) is 1. The van der Waals surface area contributed by atoms with Crippen LogP contribution in [0.5, 0.6) is 0 Å². The second-order valence-corrected chi connectivity index (χ2v) is 4.60. The Bertz CT molecular complexity index is 402. The third kappa shape index (κ3) is 1.25. The minimum atomic E-state index is -0.400. The van der Waals surface area contributed by atoms with Crippen LogP contribution in [0.4, 0.5) is 5.69 Å². The summed E-state index contributed by atoms with van der Waals surface area (Å²) in [4.78, 5) is 10.1. The molecule has 1 saturated carbocycles. The lowest BCUT2D eigenvalue weighted by molar-refractivity contribution is -0.385. The summed E-state index contributed by atoms with van der Waals surface area (Å²) in [6.45, 7) is 2.18. The molecular weight excluding hydrogens is 196 g/mol. The maximum atomic E-state index is 10.5. The number of aromatic nitrogens is 2.